The Labute approximate surface area is 248 Å². The molecule has 0 aliphatic carbocycles. The second-order valence-corrected chi connectivity index (χ2v) is 10.6. The summed E-state index contributed by atoms with van der Waals surface area (Å²) in [7, 11) is 3.30. The number of carbonyl (C=O) groups is 4. The Balaban J connectivity index is 1.31. The van der Waals surface area contributed by atoms with Crippen molar-refractivity contribution in [1.29, 1.82) is 0 Å². The molecule has 0 fully saturated rings. The molecule has 3 amide bonds. The lowest BCUT2D eigenvalue weighted by atomic mass is 9.92. The summed E-state index contributed by atoms with van der Waals surface area (Å²) >= 11 is 0. The van der Waals surface area contributed by atoms with E-state index in [-0.39, 0.29) is 43.1 Å². The van der Waals surface area contributed by atoms with E-state index in [9.17, 15) is 19.2 Å². The molecule has 10 nitrogen and oxygen atoms in total. The van der Waals surface area contributed by atoms with Crippen LogP contribution in [0.25, 0.3) is 10.9 Å². The fraction of sp³-hybridized carbons (Fsp3) is 0.273. The Hall–Kier alpha value is -4.96. The predicted molar refractivity (Wildman–Crippen MR) is 160 cm³/mol. The number of nitrogens with zero attached hydrogens (tertiary/aromatic N) is 3. The Morgan fingerprint density at radius 1 is 0.977 bits per heavy atom. The minimum absolute atomic E-state index is 0.0230. The van der Waals surface area contributed by atoms with E-state index in [1.165, 1.54) is 4.90 Å². The molecule has 0 spiro atoms. The van der Waals surface area contributed by atoms with Crippen molar-refractivity contribution in [3.05, 3.63) is 94.7 Å². The van der Waals surface area contributed by atoms with Gasteiger partial charge >= 0.3 is 5.97 Å². The van der Waals surface area contributed by atoms with Crippen LogP contribution < -0.4 is 10.1 Å². The quantitative estimate of drug-likeness (QED) is 0.246. The van der Waals surface area contributed by atoms with Crippen LogP contribution in [0.1, 0.15) is 55.3 Å². The lowest BCUT2D eigenvalue weighted by Crippen LogP contribution is -2.46. The van der Waals surface area contributed by atoms with E-state index in [0.717, 1.165) is 16.6 Å². The van der Waals surface area contributed by atoms with E-state index in [4.69, 9.17) is 9.47 Å². The van der Waals surface area contributed by atoms with Crippen LogP contribution >= 0.6 is 0 Å². The van der Waals surface area contributed by atoms with Gasteiger partial charge in [-0.2, -0.15) is 0 Å². The first-order valence-corrected chi connectivity index (χ1v) is 14.2. The number of fused-ring (bicyclic) bond motifs is 3. The number of ether oxygens (including phenoxy) is 2. The SMILES string of the molecule is CCOC(=O)c1c(NC(=O)CN2CCc3ccccc3C2CN2C(=O)c3ccccc3C2=O)c2cc(OC)ccc2n1C. The van der Waals surface area contributed by atoms with Gasteiger partial charge in [-0.05, 0) is 54.8 Å². The zero-order valence-corrected chi connectivity index (χ0v) is 24.3. The molecular formula is C33H32N4O6. The van der Waals surface area contributed by atoms with Crippen LogP contribution in [0.15, 0.2) is 66.7 Å². The fourth-order valence-electron chi connectivity index (χ4n) is 6.16. The van der Waals surface area contributed by atoms with Crippen LogP contribution in [0, 0.1) is 0 Å². The van der Waals surface area contributed by atoms with Gasteiger partial charge in [-0.3, -0.25) is 24.2 Å². The van der Waals surface area contributed by atoms with Crippen molar-refractivity contribution < 1.29 is 28.7 Å². The standard InChI is InChI=1S/C33H32N4O6/c1-4-43-33(41)30-29(25-17-21(42-3)13-14-26(25)35(30)2)34-28(38)19-36-16-15-20-9-5-6-10-22(20)27(36)18-37-31(39)23-11-7-8-12-24(23)32(37)40/h5-14,17,27H,4,15-16,18-19H2,1-3H3,(H,34,38). The van der Waals surface area contributed by atoms with Gasteiger partial charge in [0.05, 0.1) is 48.6 Å². The molecule has 4 aromatic rings. The maximum atomic E-state index is 13.7. The van der Waals surface area contributed by atoms with Crippen LogP contribution in [0.2, 0.25) is 0 Å². The van der Waals surface area contributed by atoms with E-state index in [1.54, 1.807) is 62.0 Å². The number of aryl methyl sites for hydroxylation is 1. The smallest absolute Gasteiger partial charge is 0.357 e. The number of aromatic nitrogens is 1. The second-order valence-electron chi connectivity index (χ2n) is 10.6. The number of imide groups is 1. The zero-order chi connectivity index (χ0) is 30.2. The van der Waals surface area contributed by atoms with Crippen molar-refractivity contribution in [2.24, 2.45) is 7.05 Å². The minimum atomic E-state index is -0.550. The molecule has 3 heterocycles. The van der Waals surface area contributed by atoms with Crippen molar-refractivity contribution in [2.75, 3.05) is 38.7 Å². The second kappa shape index (κ2) is 11.4. The highest BCUT2D eigenvalue weighted by molar-refractivity contribution is 6.21. The lowest BCUT2D eigenvalue weighted by molar-refractivity contribution is -0.118. The number of anilines is 1. The summed E-state index contributed by atoms with van der Waals surface area (Å²) in [6.45, 7) is 2.54. The number of hydrogen-bond acceptors (Lipinski definition) is 7. The average molecular weight is 581 g/mol. The first-order chi connectivity index (χ1) is 20.8. The number of esters is 1. The number of amides is 3. The van der Waals surface area contributed by atoms with Crippen LogP contribution in [0.4, 0.5) is 5.69 Å². The van der Waals surface area contributed by atoms with Gasteiger partial charge in [-0.15, -0.1) is 0 Å². The van der Waals surface area contributed by atoms with Gasteiger partial charge in [-0.25, -0.2) is 4.79 Å². The van der Waals surface area contributed by atoms with Crippen molar-refractivity contribution in [2.45, 2.75) is 19.4 Å². The van der Waals surface area contributed by atoms with Gasteiger partial charge in [0.25, 0.3) is 11.8 Å². The molecule has 1 N–H and O–H groups in total. The third-order valence-corrected chi connectivity index (χ3v) is 8.24. The first-order valence-electron chi connectivity index (χ1n) is 14.2. The van der Waals surface area contributed by atoms with Crippen LogP contribution in [0.3, 0.4) is 0 Å². The Morgan fingerprint density at radius 3 is 2.37 bits per heavy atom. The third kappa shape index (κ3) is 4.93. The number of nitrogens with one attached hydrogen (secondary N) is 1. The van der Waals surface area contributed by atoms with Crippen LogP contribution in [0.5, 0.6) is 5.75 Å². The number of methoxy groups -OCH3 is 1. The van der Waals surface area contributed by atoms with Gasteiger partial charge in [0.15, 0.2) is 5.69 Å². The summed E-state index contributed by atoms with van der Waals surface area (Å²) in [5, 5.41) is 3.62. The topological polar surface area (TPSA) is 110 Å². The van der Waals surface area contributed by atoms with Gasteiger partial charge in [0.2, 0.25) is 5.91 Å². The summed E-state index contributed by atoms with van der Waals surface area (Å²) in [5.41, 5.74) is 4.16. The molecule has 220 valence electrons. The summed E-state index contributed by atoms with van der Waals surface area (Å²) in [6, 6.07) is 19.7. The molecule has 0 saturated carbocycles. The summed E-state index contributed by atoms with van der Waals surface area (Å²) in [5.74, 6) is -0.982. The molecule has 2 aliphatic rings. The molecule has 1 aromatic heterocycles. The predicted octanol–water partition coefficient (Wildman–Crippen LogP) is 4.20. The number of hydrogen-bond donors (Lipinski definition) is 1. The largest absolute Gasteiger partial charge is 0.497 e. The Kier molecular flexibility index (Phi) is 7.45. The molecule has 1 unspecified atom stereocenters. The van der Waals surface area contributed by atoms with Crippen molar-refractivity contribution in [3.63, 3.8) is 0 Å². The van der Waals surface area contributed by atoms with E-state index in [2.05, 4.69) is 5.32 Å². The molecule has 43 heavy (non-hydrogen) atoms. The Morgan fingerprint density at radius 2 is 1.67 bits per heavy atom. The molecular weight excluding hydrogens is 548 g/mol. The highest BCUT2D eigenvalue weighted by Crippen LogP contribution is 2.35. The maximum Gasteiger partial charge on any atom is 0.357 e. The van der Waals surface area contributed by atoms with Crippen molar-refractivity contribution in [1.82, 2.24) is 14.4 Å². The van der Waals surface area contributed by atoms with Gasteiger partial charge in [0.1, 0.15) is 5.75 Å². The first kappa shape index (κ1) is 28.2. The van der Waals surface area contributed by atoms with E-state index in [1.807, 2.05) is 35.2 Å². The summed E-state index contributed by atoms with van der Waals surface area (Å²) in [6.07, 6.45) is 0.710. The highest BCUT2D eigenvalue weighted by atomic mass is 16.5. The maximum absolute atomic E-state index is 13.7. The van der Waals surface area contributed by atoms with E-state index >= 15 is 0 Å². The molecule has 1 atom stereocenters. The molecule has 0 bridgehead atoms. The molecule has 10 heteroatoms. The number of rotatable bonds is 8. The highest BCUT2D eigenvalue weighted by Gasteiger charge is 2.39. The molecule has 0 saturated heterocycles. The van der Waals surface area contributed by atoms with E-state index < -0.39 is 12.0 Å². The Bertz CT molecular complexity index is 1740. The average Bonchev–Trinajstić information content (AvgIpc) is 3.43. The van der Waals surface area contributed by atoms with Gasteiger partial charge < -0.3 is 19.4 Å². The van der Waals surface area contributed by atoms with Crippen molar-refractivity contribution in [3.8, 4) is 5.75 Å². The summed E-state index contributed by atoms with van der Waals surface area (Å²) < 4.78 is 12.4. The number of carbonyl (C=O) groups excluding carboxylic acids is 4. The van der Waals surface area contributed by atoms with Gasteiger partial charge in [0, 0.05) is 25.5 Å². The van der Waals surface area contributed by atoms with Crippen LogP contribution in [-0.2, 0) is 23.0 Å². The summed E-state index contributed by atoms with van der Waals surface area (Å²) in [4.78, 5) is 56.5. The minimum Gasteiger partial charge on any atom is -0.497 e. The van der Waals surface area contributed by atoms with Crippen molar-refractivity contribution >= 4 is 40.3 Å². The fourth-order valence-corrected chi connectivity index (χ4v) is 6.16. The number of benzene rings is 3. The lowest BCUT2D eigenvalue weighted by Gasteiger charge is -2.38. The monoisotopic (exact) mass is 580 g/mol. The third-order valence-electron chi connectivity index (χ3n) is 8.24. The zero-order valence-electron chi connectivity index (χ0n) is 24.3. The molecule has 0 radical (unpaired) electrons. The normalized spacial score (nSPS) is 16.3. The van der Waals surface area contributed by atoms with Crippen LogP contribution in [-0.4, -0.2) is 71.4 Å². The van der Waals surface area contributed by atoms with Gasteiger partial charge in [-0.1, -0.05) is 36.4 Å². The molecule has 2 aliphatic heterocycles. The molecule has 3 aromatic carbocycles. The van der Waals surface area contributed by atoms with E-state index in [0.29, 0.717) is 40.9 Å². The molecule has 6 rings (SSSR count).